The van der Waals surface area contributed by atoms with Gasteiger partial charge < -0.3 is 10.2 Å². The van der Waals surface area contributed by atoms with Crippen molar-refractivity contribution in [1.29, 1.82) is 0 Å². The van der Waals surface area contributed by atoms with E-state index < -0.39 is 10.0 Å². The molecule has 1 atom stereocenters. The van der Waals surface area contributed by atoms with Gasteiger partial charge in [0.05, 0.1) is 17.6 Å². The quantitative estimate of drug-likeness (QED) is 0.605. The molecule has 1 unspecified atom stereocenters. The fraction of sp³-hybridized carbons (Fsp3) is 0.500. The normalized spacial score (nSPS) is 20.2. The second kappa shape index (κ2) is 7.73. The molecule has 0 saturated carbocycles. The molecule has 1 heterocycles. The maximum atomic E-state index is 12.3. The molecule has 1 aliphatic rings. The smallest absolute Gasteiger partial charge is 0.870 e. The average Bonchev–Trinajstić information content (AvgIpc) is 2.29. The van der Waals surface area contributed by atoms with Crippen LogP contribution in [-0.4, -0.2) is 44.0 Å². The minimum absolute atomic E-state index is 0. The van der Waals surface area contributed by atoms with Gasteiger partial charge >= 0.3 is 29.6 Å². The summed E-state index contributed by atoms with van der Waals surface area (Å²) in [6.07, 6.45) is -0.0380. The summed E-state index contributed by atoms with van der Waals surface area (Å²) in [5.41, 5.74) is 1.05. The molecule has 0 aromatic heterocycles. The fourth-order valence-electron chi connectivity index (χ4n) is 1.86. The van der Waals surface area contributed by atoms with Gasteiger partial charge in [0.2, 0.25) is 10.0 Å². The topological polar surface area (TPSA) is 76.6 Å². The second-order valence-electron chi connectivity index (χ2n) is 4.36. The van der Waals surface area contributed by atoms with Gasteiger partial charge in [-0.25, -0.2) is 8.42 Å². The Balaban J connectivity index is 0.00000162. The minimum Gasteiger partial charge on any atom is -0.870 e. The van der Waals surface area contributed by atoms with E-state index in [2.05, 4.69) is 0 Å². The first-order valence-electron chi connectivity index (χ1n) is 5.68. The fourth-order valence-corrected chi connectivity index (χ4v) is 3.36. The third-order valence-electron chi connectivity index (χ3n) is 2.86. The van der Waals surface area contributed by atoms with Gasteiger partial charge in [-0.2, -0.15) is 4.31 Å². The Kier molecular flexibility index (Phi) is 7.75. The number of hydrogen-bond donors (Lipinski definition) is 0. The van der Waals surface area contributed by atoms with Crippen LogP contribution in [0, 0.1) is 6.92 Å². The molecule has 1 N–H and O–H groups in total. The van der Waals surface area contributed by atoms with Crippen molar-refractivity contribution in [2.45, 2.75) is 24.8 Å². The zero-order chi connectivity index (χ0) is 12.5. The maximum Gasteiger partial charge on any atom is 1.00 e. The maximum absolute atomic E-state index is 12.3. The van der Waals surface area contributed by atoms with Crippen LogP contribution in [0.1, 0.15) is 12.5 Å². The Hall–Kier alpha value is 0.0500. The Morgan fingerprint density at radius 2 is 1.84 bits per heavy atom. The molecule has 0 bridgehead atoms. The van der Waals surface area contributed by atoms with E-state index in [-0.39, 0.29) is 41.1 Å². The van der Waals surface area contributed by atoms with Crippen molar-refractivity contribution in [2.24, 2.45) is 0 Å². The summed E-state index contributed by atoms with van der Waals surface area (Å²) in [5.74, 6) is 0. The monoisotopic (exact) mass is 295 g/mol. The molecule has 0 aliphatic carbocycles. The van der Waals surface area contributed by atoms with Crippen LogP contribution < -0.4 is 29.6 Å². The molecule has 5 nitrogen and oxygen atoms in total. The van der Waals surface area contributed by atoms with Crippen LogP contribution in [0.4, 0.5) is 0 Å². The molecule has 1 aromatic carbocycles. The number of rotatable bonds is 2. The predicted octanol–water partition coefficient (Wildman–Crippen LogP) is -1.77. The van der Waals surface area contributed by atoms with Gasteiger partial charge in [-0.15, -0.1) is 0 Å². The van der Waals surface area contributed by atoms with E-state index in [1.165, 1.54) is 4.31 Å². The van der Waals surface area contributed by atoms with Gasteiger partial charge in [0.25, 0.3) is 0 Å². The molecule has 1 aromatic rings. The molecule has 1 aliphatic heterocycles. The zero-order valence-corrected chi connectivity index (χ0v) is 14.4. The number of morpholine rings is 1. The number of sulfonamides is 1. The molecule has 0 spiro atoms. The molecule has 0 radical (unpaired) electrons. The molecule has 0 amide bonds. The number of ether oxygens (including phenoxy) is 1. The first-order valence-corrected chi connectivity index (χ1v) is 7.12. The molecular formula is C12H18NNaO4S. The van der Waals surface area contributed by atoms with E-state index in [9.17, 15) is 8.42 Å². The number of hydrogen-bond acceptors (Lipinski definition) is 4. The Labute approximate surface area is 136 Å². The third-order valence-corrected chi connectivity index (χ3v) is 4.74. The van der Waals surface area contributed by atoms with Crippen molar-refractivity contribution in [3.63, 3.8) is 0 Å². The first-order chi connectivity index (χ1) is 8.00. The summed E-state index contributed by atoms with van der Waals surface area (Å²) < 4.78 is 31.5. The predicted molar refractivity (Wildman–Crippen MR) is 67.3 cm³/mol. The summed E-state index contributed by atoms with van der Waals surface area (Å²) >= 11 is 0. The second-order valence-corrected chi connectivity index (χ2v) is 6.30. The third kappa shape index (κ3) is 4.53. The van der Waals surface area contributed by atoms with Gasteiger partial charge in [-0.1, -0.05) is 17.7 Å². The SMILES string of the molecule is Cc1ccc(S(=O)(=O)N2CCOC(C)C2)cc1.[Na+].[OH-]. The number of benzene rings is 1. The summed E-state index contributed by atoms with van der Waals surface area (Å²) in [6.45, 7) is 5.15. The van der Waals surface area contributed by atoms with Crippen LogP contribution in [0.25, 0.3) is 0 Å². The first kappa shape index (κ1) is 19.1. The number of nitrogens with zero attached hydrogens (tertiary/aromatic N) is 1. The van der Waals surface area contributed by atoms with E-state index in [1.807, 2.05) is 26.0 Å². The van der Waals surface area contributed by atoms with Gasteiger partial charge in [0.1, 0.15) is 0 Å². The molecule has 7 heteroatoms. The summed E-state index contributed by atoms with van der Waals surface area (Å²) in [4.78, 5) is 0.359. The number of aryl methyl sites for hydroxylation is 1. The summed E-state index contributed by atoms with van der Waals surface area (Å²) in [7, 11) is -3.36. The standard InChI is InChI=1S/C12H17NO3S.Na.H2O/c1-10-3-5-12(6-4-10)17(14,15)13-7-8-16-11(2)9-13;;/h3-6,11H,7-9H2,1-2H3;;1H2/q;+1;/p-1. The zero-order valence-electron chi connectivity index (χ0n) is 11.5. The Morgan fingerprint density at radius 3 is 2.37 bits per heavy atom. The van der Waals surface area contributed by atoms with Crippen LogP contribution >= 0.6 is 0 Å². The van der Waals surface area contributed by atoms with E-state index in [0.717, 1.165) is 5.56 Å². The van der Waals surface area contributed by atoms with Gasteiger partial charge in [0.15, 0.2) is 0 Å². The van der Waals surface area contributed by atoms with E-state index >= 15 is 0 Å². The van der Waals surface area contributed by atoms with Crippen LogP contribution in [0.5, 0.6) is 0 Å². The van der Waals surface area contributed by atoms with Crippen LogP contribution in [0.3, 0.4) is 0 Å². The van der Waals surface area contributed by atoms with Crippen molar-refractivity contribution >= 4 is 10.0 Å². The largest absolute Gasteiger partial charge is 1.00 e. The van der Waals surface area contributed by atoms with Gasteiger partial charge in [0, 0.05) is 13.1 Å². The summed E-state index contributed by atoms with van der Waals surface area (Å²) in [5, 5.41) is 0. The minimum atomic E-state index is -3.36. The van der Waals surface area contributed by atoms with Crippen molar-refractivity contribution < 1.29 is 48.2 Å². The van der Waals surface area contributed by atoms with Gasteiger partial charge in [-0.05, 0) is 26.0 Å². The molecular weight excluding hydrogens is 277 g/mol. The molecule has 1 fully saturated rings. The Bertz CT molecular complexity index is 489. The molecule has 1 saturated heterocycles. The van der Waals surface area contributed by atoms with Crippen molar-refractivity contribution in [1.82, 2.24) is 4.31 Å². The summed E-state index contributed by atoms with van der Waals surface area (Å²) in [6, 6.07) is 6.95. The van der Waals surface area contributed by atoms with E-state index in [4.69, 9.17) is 4.74 Å². The van der Waals surface area contributed by atoms with Gasteiger partial charge in [-0.3, -0.25) is 0 Å². The average molecular weight is 295 g/mol. The van der Waals surface area contributed by atoms with Crippen molar-refractivity contribution in [3.8, 4) is 0 Å². The van der Waals surface area contributed by atoms with E-state index in [0.29, 0.717) is 24.6 Å². The van der Waals surface area contributed by atoms with Crippen LogP contribution in [-0.2, 0) is 14.8 Å². The Morgan fingerprint density at radius 1 is 1.26 bits per heavy atom. The van der Waals surface area contributed by atoms with Crippen LogP contribution in [0.2, 0.25) is 0 Å². The van der Waals surface area contributed by atoms with Crippen LogP contribution in [0.15, 0.2) is 29.2 Å². The molecule has 2 rings (SSSR count). The van der Waals surface area contributed by atoms with Crippen molar-refractivity contribution in [2.75, 3.05) is 19.7 Å². The van der Waals surface area contributed by atoms with E-state index in [1.54, 1.807) is 12.1 Å². The van der Waals surface area contributed by atoms with Crippen molar-refractivity contribution in [3.05, 3.63) is 29.8 Å². The molecule has 102 valence electrons. The molecule has 19 heavy (non-hydrogen) atoms.